The van der Waals surface area contributed by atoms with E-state index in [1.165, 1.54) is 10.6 Å². The molecule has 0 aliphatic carbocycles. The number of rotatable bonds is 6. The molecule has 5 heteroatoms. The van der Waals surface area contributed by atoms with Crippen LogP contribution in [0.25, 0.3) is 0 Å². The molecule has 1 aromatic heterocycles. The van der Waals surface area contributed by atoms with Crippen LogP contribution in [0.5, 0.6) is 0 Å². The zero-order chi connectivity index (χ0) is 16.7. The molecule has 0 aliphatic heterocycles. The van der Waals surface area contributed by atoms with Crippen LogP contribution in [0.4, 0.5) is 0 Å². The molecule has 0 saturated carbocycles. The van der Waals surface area contributed by atoms with E-state index in [9.17, 15) is 0 Å². The molecule has 2 rings (SSSR count). The van der Waals surface area contributed by atoms with E-state index in [0.29, 0.717) is 5.92 Å². The van der Waals surface area contributed by atoms with E-state index in [1.54, 1.807) is 11.3 Å². The van der Waals surface area contributed by atoms with Gasteiger partial charge in [0.2, 0.25) is 0 Å². The van der Waals surface area contributed by atoms with Crippen molar-refractivity contribution in [2.24, 2.45) is 4.99 Å². The van der Waals surface area contributed by atoms with Gasteiger partial charge in [-0.2, -0.15) is 0 Å². The van der Waals surface area contributed by atoms with Gasteiger partial charge in [-0.1, -0.05) is 44.2 Å². The number of nitrogens with one attached hydrogen (secondary N) is 1. The predicted octanol–water partition coefficient (Wildman–Crippen LogP) is 3.52. The van der Waals surface area contributed by atoms with Crippen LogP contribution in [0.1, 0.15) is 36.0 Å². The molecule has 2 aromatic rings. The Morgan fingerprint density at radius 3 is 2.65 bits per heavy atom. The third-order valence-electron chi connectivity index (χ3n) is 3.56. The maximum Gasteiger partial charge on any atom is 0.193 e. The van der Waals surface area contributed by atoms with E-state index in [2.05, 4.69) is 70.7 Å². The number of aliphatic imine (C=N–C) groups is 1. The summed E-state index contributed by atoms with van der Waals surface area (Å²) in [6, 6.07) is 10.4. The predicted molar refractivity (Wildman–Crippen MR) is 99.2 cm³/mol. The van der Waals surface area contributed by atoms with Crippen LogP contribution in [0.2, 0.25) is 0 Å². The van der Waals surface area contributed by atoms with Gasteiger partial charge in [-0.05, 0) is 5.56 Å². The van der Waals surface area contributed by atoms with E-state index in [4.69, 9.17) is 0 Å². The van der Waals surface area contributed by atoms with Gasteiger partial charge in [-0.25, -0.2) is 4.98 Å². The summed E-state index contributed by atoms with van der Waals surface area (Å²) in [5, 5.41) is 6.79. The van der Waals surface area contributed by atoms with Crippen molar-refractivity contribution in [1.29, 1.82) is 0 Å². The Labute approximate surface area is 143 Å². The van der Waals surface area contributed by atoms with Gasteiger partial charge in [0.25, 0.3) is 0 Å². The summed E-state index contributed by atoms with van der Waals surface area (Å²) in [4.78, 5) is 11.2. The number of hydrogen-bond acceptors (Lipinski definition) is 3. The third kappa shape index (κ3) is 5.36. The minimum Gasteiger partial charge on any atom is -0.356 e. The second-order valence-corrected chi connectivity index (χ2v) is 6.79. The minimum atomic E-state index is 0.506. The molecule has 1 aromatic carbocycles. The number of guanidine groups is 1. The van der Waals surface area contributed by atoms with E-state index in [1.807, 2.05) is 13.1 Å². The molecule has 0 aliphatic rings. The number of aromatic nitrogens is 1. The summed E-state index contributed by atoms with van der Waals surface area (Å²) in [6.07, 6.45) is 0.918. The average Bonchev–Trinajstić information content (AvgIpc) is 3.01. The maximum absolute atomic E-state index is 4.67. The van der Waals surface area contributed by atoms with Gasteiger partial charge in [0.05, 0.1) is 10.7 Å². The number of hydrogen-bond donors (Lipinski definition) is 1. The van der Waals surface area contributed by atoms with E-state index in [0.717, 1.165) is 31.2 Å². The van der Waals surface area contributed by atoms with Gasteiger partial charge >= 0.3 is 0 Å². The van der Waals surface area contributed by atoms with Crippen LogP contribution < -0.4 is 5.32 Å². The monoisotopic (exact) mass is 330 g/mol. The van der Waals surface area contributed by atoms with E-state index >= 15 is 0 Å². The molecule has 0 spiro atoms. The molecule has 1 heterocycles. The van der Waals surface area contributed by atoms with Crippen molar-refractivity contribution in [2.45, 2.75) is 32.7 Å². The Kier molecular flexibility index (Phi) is 6.59. The second kappa shape index (κ2) is 8.67. The van der Waals surface area contributed by atoms with E-state index in [-0.39, 0.29) is 0 Å². The van der Waals surface area contributed by atoms with Crippen LogP contribution in [-0.2, 0) is 13.0 Å². The molecule has 1 N–H and O–H groups in total. The van der Waals surface area contributed by atoms with Crippen LogP contribution in [0.3, 0.4) is 0 Å². The molecule has 0 saturated heterocycles. The third-order valence-corrected chi connectivity index (χ3v) is 4.76. The van der Waals surface area contributed by atoms with Gasteiger partial charge in [-0.3, -0.25) is 4.99 Å². The molecular weight excluding hydrogens is 304 g/mol. The summed E-state index contributed by atoms with van der Waals surface area (Å²) >= 11 is 1.75. The Morgan fingerprint density at radius 2 is 2.04 bits per heavy atom. The number of nitrogens with zero attached hydrogens (tertiary/aromatic N) is 3. The van der Waals surface area contributed by atoms with Gasteiger partial charge in [0.15, 0.2) is 5.96 Å². The molecular formula is C18H26N4S. The topological polar surface area (TPSA) is 40.5 Å². The lowest BCUT2D eigenvalue weighted by atomic mass is 10.2. The average molecular weight is 331 g/mol. The van der Waals surface area contributed by atoms with Crippen molar-refractivity contribution in [3.63, 3.8) is 0 Å². The van der Waals surface area contributed by atoms with Crippen molar-refractivity contribution >= 4 is 17.3 Å². The van der Waals surface area contributed by atoms with Crippen molar-refractivity contribution in [3.8, 4) is 0 Å². The summed E-state index contributed by atoms with van der Waals surface area (Å²) in [6.45, 7) is 6.05. The highest BCUT2D eigenvalue weighted by molar-refractivity contribution is 7.09. The van der Waals surface area contributed by atoms with Crippen LogP contribution in [-0.4, -0.2) is 36.5 Å². The highest BCUT2D eigenvalue weighted by Crippen LogP contribution is 2.19. The first kappa shape index (κ1) is 17.5. The highest BCUT2D eigenvalue weighted by atomic mass is 32.1. The Morgan fingerprint density at radius 1 is 1.30 bits per heavy atom. The van der Waals surface area contributed by atoms with Crippen LogP contribution >= 0.6 is 11.3 Å². The first-order chi connectivity index (χ1) is 11.1. The normalized spacial score (nSPS) is 11.8. The first-order valence-corrected chi connectivity index (χ1v) is 8.88. The molecule has 4 nitrogen and oxygen atoms in total. The standard InChI is InChI=1S/C18H26N4S/c1-14(2)17-21-16(13-23-17)10-11-20-18(19-3)22(4)12-15-8-6-5-7-9-15/h5-9,13-14H,10-12H2,1-4H3,(H,19,20). The first-order valence-electron chi connectivity index (χ1n) is 8.00. The van der Waals surface area contributed by atoms with E-state index < -0.39 is 0 Å². The quantitative estimate of drug-likeness (QED) is 0.651. The summed E-state index contributed by atoms with van der Waals surface area (Å²) in [5.41, 5.74) is 2.44. The molecule has 0 radical (unpaired) electrons. The molecule has 124 valence electrons. The molecule has 0 amide bonds. The molecule has 0 unspecified atom stereocenters. The van der Waals surface area contributed by atoms with Crippen molar-refractivity contribution in [1.82, 2.24) is 15.2 Å². The lowest BCUT2D eigenvalue weighted by Gasteiger charge is -2.22. The SMILES string of the molecule is CN=C(NCCc1csc(C(C)C)n1)N(C)Cc1ccccc1. The van der Waals surface area contributed by atoms with Crippen molar-refractivity contribution in [3.05, 3.63) is 52.0 Å². The maximum atomic E-state index is 4.67. The second-order valence-electron chi connectivity index (χ2n) is 5.90. The van der Waals surface area contributed by atoms with Crippen molar-refractivity contribution < 1.29 is 0 Å². The summed E-state index contributed by atoms with van der Waals surface area (Å²) in [7, 11) is 3.88. The zero-order valence-electron chi connectivity index (χ0n) is 14.4. The summed E-state index contributed by atoms with van der Waals surface area (Å²) in [5.74, 6) is 1.42. The van der Waals surface area contributed by atoms with Gasteiger partial charge in [-0.15, -0.1) is 11.3 Å². The summed E-state index contributed by atoms with van der Waals surface area (Å²) < 4.78 is 0. The van der Waals surface area contributed by atoms with Crippen LogP contribution in [0, 0.1) is 0 Å². The Hall–Kier alpha value is -1.88. The largest absolute Gasteiger partial charge is 0.356 e. The lowest BCUT2D eigenvalue weighted by molar-refractivity contribution is 0.477. The lowest BCUT2D eigenvalue weighted by Crippen LogP contribution is -2.39. The number of thiazole rings is 1. The molecule has 0 bridgehead atoms. The molecule has 0 fully saturated rings. The minimum absolute atomic E-state index is 0.506. The smallest absolute Gasteiger partial charge is 0.193 e. The van der Waals surface area contributed by atoms with Crippen molar-refractivity contribution in [2.75, 3.05) is 20.6 Å². The molecule has 23 heavy (non-hydrogen) atoms. The van der Waals surface area contributed by atoms with Gasteiger partial charge in [0.1, 0.15) is 0 Å². The van der Waals surface area contributed by atoms with Gasteiger partial charge in [0, 0.05) is 44.9 Å². The zero-order valence-corrected chi connectivity index (χ0v) is 15.2. The molecule has 0 atom stereocenters. The van der Waals surface area contributed by atoms with Gasteiger partial charge < -0.3 is 10.2 Å². The highest BCUT2D eigenvalue weighted by Gasteiger charge is 2.08. The van der Waals surface area contributed by atoms with Crippen LogP contribution in [0.15, 0.2) is 40.7 Å². The fourth-order valence-electron chi connectivity index (χ4n) is 2.32. The number of benzene rings is 1. The Bertz CT molecular complexity index is 619. The Balaban J connectivity index is 1.82. The fourth-order valence-corrected chi connectivity index (χ4v) is 3.19. The fraction of sp³-hybridized carbons (Fsp3) is 0.444.